The Morgan fingerprint density at radius 3 is 2.53 bits per heavy atom. The maximum Gasteiger partial charge on any atom is 0.00924 e. The second-order valence-electron chi connectivity index (χ2n) is 5.47. The van der Waals surface area contributed by atoms with Crippen molar-refractivity contribution in [1.29, 1.82) is 0 Å². The number of hydrogen-bond donors (Lipinski definition) is 1. The summed E-state index contributed by atoms with van der Waals surface area (Å²) in [6.45, 7) is 2.42. The zero-order chi connectivity index (χ0) is 12.1. The maximum atomic E-state index is 3.51. The molecule has 1 heteroatoms. The molecule has 2 atom stereocenters. The van der Waals surface area contributed by atoms with Crippen molar-refractivity contribution < 1.29 is 0 Å². The summed E-state index contributed by atoms with van der Waals surface area (Å²) >= 11 is 0. The number of benzene rings is 1. The molecule has 1 aromatic carbocycles. The predicted octanol–water partition coefficient (Wildman–Crippen LogP) is 3.64. The Hall–Kier alpha value is -0.820. The smallest absolute Gasteiger partial charge is 0.00924 e. The van der Waals surface area contributed by atoms with Crippen LogP contribution in [0.1, 0.15) is 38.2 Å². The lowest BCUT2D eigenvalue weighted by Gasteiger charge is -2.23. The zero-order valence-corrected chi connectivity index (χ0v) is 11.2. The summed E-state index contributed by atoms with van der Waals surface area (Å²) in [5, 5.41) is 3.51. The summed E-state index contributed by atoms with van der Waals surface area (Å²) in [7, 11) is 2.12. The zero-order valence-electron chi connectivity index (χ0n) is 11.2. The van der Waals surface area contributed by atoms with Crippen LogP contribution in [0.4, 0.5) is 0 Å². The normalized spacial score (nSPS) is 18.9. The number of nitrogens with one attached hydrogen (secondary N) is 1. The molecule has 0 spiro atoms. The molecule has 17 heavy (non-hydrogen) atoms. The van der Waals surface area contributed by atoms with E-state index in [-0.39, 0.29) is 0 Å². The van der Waals surface area contributed by atoms with Crippen LogP contribution in [0.3, 0.4) is 0 Å². The molecule has 1 aromatic rings. The van der Waals surface area contributed by atoms with E-state index in [1.165, 1.54) is 37.7 Å². The Labute approximate surface area is 106 Å². The van der Waals surface area contributed by atoms with E-state index < -0.39 is 0 Å². The van der Waals surface area contributed by atoms with E-state index >= 15 is 0 Å². The lowest BCUT2D eigenvalue weighted by Crippen LogP contribution is -2.33. The molecule has 1 aliphatic carbocycles. The van der Waals surface area contributed by atoms with E-state index in [1.807, 2.05) is 0 Å². The second-order valence-corrected chi connectivity index (χ2v) is 5.47. The highest BCUT2D eigenvalue weighted by Gasteiger charge is 2.32. The minimum Gasteiger partial charge on any atom is -0.317 e. The Balaban J connectivity index is 1.72. The Kier molecular flexibility index (Phi) is 4.61. The minimum absolute atomic E-state index is 0.714. The number of rotatable bonds is 7. The van der Waals surface area contributed by atoms with Gasteiger partial charge in [0.05, 0.1) is 0 Å². The van der Waals surface area contributed by atoms with Crippen LogP contribution in [-0.4, -0.2) is 13.1 Å². The third-order valence-corrected chi connectivity index (χ3v) is 4.19. The highest BCUT2D eigenvalue weighted by Crippen LogP contribution is 2.39. The van der Waals surface area contributed by atoms with E-state index in [9.17, 15) is 0 Å². The van der Waals surface area contributed by atoms with Crippen LogP contribution in [0, 0.1) is 11.8 Å². The fraction of sp³-hybridized carbons (Fsp3) is 0.625. The summed E-state index contributed by atoms with van der Waals surface area (Å²) in [5.74, 6) is 1.86. The van der Waals surface area contributed by atoms with E-state index in [0.717, 1.165) is 11.8 Å². The Morgan fingerprint density at radius 2 is 1.94 bits per heavy atom. The third-order valence-electron chi connectivity index (χ3n) is 4.19. The number of hydrogen-bond acceptors (Lipinski definition) is 1. The van der Waals surface area contributed by atoms with Crippen LogP contribution < -0.4 is 5.32 Å². The van der Waals surface area contributed by atoms with Gasteiger partial charge in [-0.1, -0.05) is 37.3 Å². The van der Waals surface area contributed by atoms with E-state index in [1.54, 1.807) is 0 Å². The first-order valence-corrected chi connectivity index (χ1v) is 7.02. The van der Waals surface area contributed by atoms with Gasteiger partial charge in [0.2, 0.25) is 0 Å². The molecule has 0 radical (unpaired) electrons. The van der Waals surface area contributed by atoms with Crippen molar-refractivity contribution in [2.45, 2.75) is 45.1 Å². The van der Waals surface area contributed by atoms with Gasteiger partial charge in [0.15, 0.2) is 0 Å². The summed E-state index contributed by atoms with van der Waals surface area (Å²) < 4.78 is 0. The van der Waals surface area contributed by atoms with Crippen molar-refractivity contribution in [3.05, 3.63) is 35.9 Å². The lowest BCUT2D eigenvalue weighted by molar-refractivity contribution is 0.336. The molecule has 0 bridgehead atoms. The fourth-order valence-electron chi connectivity index (χ4n) is 2.79. The fourth-order valence-corrected chi connectivity index (χ4v) is 2.79. The topological polar surface area (TPSA) is 12.0 Å². The monoisotopic (exact) mass is 231 g/mol. The molecule has 1 nitrogen and oxygen atoms in total. The van der Waals surface area contributed by atoms with Gasteiger partial charge in [-0.3, -0.25) is 0 Å². The van der Waals surface area contributed by atoms with Crippen LogP contribution in [-0.2, 0) is 6.42 Å². The van der Waals surface area contributed by atoms with E-state index in [0.29, 0.717) is 6.04 Å². The average molecular weight is 231 g/mol. The predicted molar refractivity (Wildman–Crippen MR) is 74.1 cm³/mol. The van der Waals surface area contributed by atoms with Crippen LogP contribution in [0.25, 0.3) is 0 Å². The van der Waals surface area contributed by atoms with Crippen molar-refractivity contribution >= 4 is 0 Å². The molecule has 1 saturated carbocycles. The van der Waals surface area contributed by atoms with Crippen LogP contribution in [0.5, 0.6) is 0 Å². The quantitative estimate of drug-likeness (QED) is 0.755. The van der Waals surface area contributed by atoms with Gasteiger partial charge in [0, 0.05) is 6.04 Å². The van der Waals surface area contributed by atoms with E-state index in [4.69, 9.17) is 0 Å². The molecule has 0 aliphatic heterocycles. The van der Waals surface area contributed by atoms with Gasteiger partial charge >= 0.3 is 0 Å². The van der Waals surface area contributed by atoms with Gasteiger partial charge in [-0.2, -0.15) is 0 Å². The van der Waals surface area contributed by atoms with Crippen molar-refractivity contribution in [1.82, 2.24) is 5.32 Å². The van der Waals surface area contributed by atoms with Crippen molar-refractivity contribution in [2.75, 3.05) is 7.05 Å². The standard InChI is InChI=1S/C16H25N/c1-13(15-11-12-15)16(17-2)10-6-9-14-7-4-3-5-8-14/h3-5,7-8,13,15-17H,6,9-12H2,1-2H3. The van der Waals surface area contributed by atoms with Gasteiger partial charge in [-0.25, -0.2) is 0 Å². The molecule has 0 aromatic heterocycles. The Bertz CT molecular complexity index is 316. The summed E-state index contributed by atoms with van der Waals surface area (Å²) in [5.41, 5.74) is 1.47. The largest absolute Gasteiger partial charge is 0.317 e. The first-order valence-electron chi connectivity index (χ1n) is 7.02. The van der Waals surface area contributed by atoms with Crippen LogP contribution >= 0.6 is 0 Å². The summed E-state index contributed by atoms with van der Waals surface area (Å²) in [6, 6.07) is 11.5. The molecule has 1 aliphatic rings. The molecule has 1 N–H and O–H groups in total. The van der Waals surface area contributed by atoms with Crippen LogP contribution in [0.15, 0.2) is 30.3 Å². The average Bonchev–Trinajstić information content (AvgIpc) is 3.19. The Morgan fingerprint density at radius 1 is 1.24 bits per heavy atom. The van der Waals surface area contributed by atoms with Crippen molar-refractivity contribution in [3.8, 4) is 0 Å². The van der Waals surface area contributed by atoms with Crippen molar-refractivity contribution in [2.24, 2.45) is 11.8 Å². The molecular formula is C16H25N. The summed E-state index contributed by atoms with van der Waals surface area (Å²) in [4.78, 5) is 0. The van der Waals surface area contributed by atoms with E-state index in [2.05, 4.69) is 49.6 Å². The highest BCUT2D eigenvalue weighted by molar-refractivity contribution is 5.14. The van der Waals surface area contributed by atoms with Gasteiger partial charge in [-0.05, 0) is 56.6 Å². The molecule has 0 saturated heterocycles. The highest BCUT2D eigenvalue weighted by atomic mass is 14.9. The minimum atomic E-state index is 0.714. The van der Waals surface area contributed by atoms with Gasteiger partial charge < -0.3 is 5.32 Å². The number of aryl methyl sites for hydroxylation is 1. The van der Waals surface area contributed by atoms with Gasteiger partial charge in [-0.15, -0.1) is 0 Å². The van der Waals surface area contributed by atoms with Crippen LogP contribution in [0.2, 0.25) is 0 Å². The van der Waals surface area contributed by atoms with Crippen molar-refractivity contribution in [3.63, 3.8) is 0 Å². The molecular weight excluding hydrogens is 206 g/mol. The molecule has 94 valence electrons. The molecule has 0 heterocycles. The SMILES string of the molecule is CNC(CCCc1ccccc1)C(C)C1CC1. The van der Waals surface area contributed by atoms with Gasteiger partial charge in [0.1, 0.15) is 0 Å². The first-order chi connectivity index (χ1) is 8.31. The second kappa shape index (κ2) is 6.20. The third kappa shape index (κ3) is 3.85. The van der Waals surface area contributed by atoms with Gasteiger partial charge in [0.25, 0.3) is 0 Å². The molecule has 1 fully saturated rings. The molecule has 2 unspecified atom stereocenters. The first kappa shape index (κ1) is 12.6. The molecule has 0 amide bonds. The summed E-state index contributed by atoms with van der Waals surface area (Å²) in [6.07, 6.45) is 6.74. The molecule has 2 rings (SSSR count). The lowest BCUT2D eigenvalue weighted by atomic mass is 9.92. The maximum absolute atomic E-state index is 3.51.